The summed E-state index contributed by atoms with van der Waals surface area (Å²) in [5.74, 6) is -3.09. The maximum atomic E-state index is 13.3. The third-order valence-electron chi connectivity index (χ3n) is 1.75. The second kappa shape index (κ2) is 4.55. The number of benzene rings is 1. The fourth-order valence-electron chi connectivity index (χ4n) is 1.05. The van der Waals surface area contributed by atoms with Crippen LogP contribution >= 0.6 is 27.5 Å². The molecule has 0 saturated heterocycles. The van der Waals surface area contributed by atoms with Gasteiger partial charge in [-0.2, -0.15) is 0 Å². The van der Waals surface area contributed by atoms with Crippen molar-refractivity contribution in [2.24, 2.45) is 0 Å². The lowest BCUT2D eigenvalue weighted by Gasteiger charge is -2.16. The highest BCUT2D eigenvalue weighted by Crippen LogP contribution is 2.37. The molecule has 0 heterocycles. The fourth-order valence-corrected chi connectivity index (χ4v) is 1.67. The average molecular weight is 286 g/mol. The SMILES string of the molecule is OCCC(F)(F)c1cc(Br)ccc1Cl. The van der Waals surface area contributed by atoms with Crippen molar-refractivity contribution in [1.82, 2.24) is 0 Å². The van der Waals surface area contributed by atoms with Gasteiger partial charge >= 0.3 is 0 Å². The lowest BCUT2D eigenvalue weighted by atomic mass is 10.1. The molecular weight excluding hydrogens is 277 g/mol. The zero-order chi connectivity index (χ0) is 10.8. The third-order valence-corrected chi connectivity index (χ3v) is 2.57. The van der Waals surface area contributed by atoms with E-state index in [0.717, 1.165) is 0 Å². The zero-order valence-corrected chi connectivity index (χ0v) is 9.45. The zero-order valence-electron chi connectivity index (χ0n) is 7.11. The highest BCUT2D eigenvalue weighted by molar-refractivity contribution is 9.10. The van der Waals surface area contributed by atoms with E-state index >= 15 is 0 Å². The first-order valence-corrected chi connectivity index (χ1v) is 5.08. The highest BCUT2D eigenvalue weighted by atomic mass is 79.9. The molecule has 1 N–H and O–H groups in total. The summed E-state index contributed by atoms with van der Waals surface area (Å²) < 4.78 is 27.2. The molecule has 0 bridgehead atoms. The summed E-state index contributed by atoms with van der Waals surface area (Å²) in [7, 11) is 0. The largest absolute Gasteiger partial charge is 0.396 e. The van der Waals surface area contributed by atoms with Crippen LogP contribution in [0.2, 0.25) is 5.02 Å². The molecule has 0 spiro atoms. The molecule has 0 radical (unpaired) electrons. The molecular formula is C9H8BrClF2O. The van der Waals surface area contributed by atoms with Crippen LogP contribution < -0.4 is 0 Å². The predicted octanol–water partition coefficient (Wildman–Crippen LogP) is 3.58. The number of halogens is 4. The number of hydrogen-bond acceptors (Lipinski definition) is 1. The Balaban J connectivity index is 3.10. The van der Waals surface area contributed by atoms with Crippen molar-refractivity contribution >= 4 is 27.5 Å². The minimum absolute atomic E-state index is 0.00616. The molecule has 1 aromatic carbocycles. The van der Waals surface area contributed by atoms with Gasteiger partial charge in [-0.05, 0) is 18.2 Å². The van der Waals surface area contributed by atoms with Gasteiger partial charge in [-0.1, -0.05) is 27.5 Å². The van der Waals surface area contributed by atoms with Crippen LogP contribution in [0.1, 0.15) is 12.0 Å². The van der Waals surface area contributed by atoms with Crippen LogP contribution in [0.5, 0.6) is 0 Å². The molecule has 1 rings (SSSR count). The van der Waals surface area contributed by atoms with E-state index in [-0.39, 0.29) is 10.6 Å². The van der Waals surface area contributed by atoms with E-state index in [1.807, 2.05) is 0 Å². The summed E-state index contributed by atoms with van der Waals surface area (Å²) in [5, 5.41) is 8.49. The van der Waals surface area contributed by atoms with Gasteiger partial charge in [-0.15, -0.1) is 0 Å². The first kappa shape index (κ1) is 11.9. The standard InChI is InChI=1S/C9H8BrClF2O/c10-6-1-2-8(11)7(5-6)9(12,13)3-4-14/h1-2,5,14H,3-4H2. The number of aliphatic hydroxyl groups is 1. The second-order valence-corrected chi connectivity index (χ2v) is 4.13. The van der Waals surface area contributed by atoms with Crippen LogP contribution in [0.15, 0.2) is 22.7 Å². The van der Waals surface area contributed by atoms with Crippen LogP contribution in [0.25, 0.3) is 0 Å². The van der Waals surface area contributed by atoms with Crippen molar-refractivity contribution in [3.63, 3.8) is 0 Å². The topological polar surface area (TPSA) is 20.2 Å². The first-order valence-electron chi connectivity index (χ1n) is 3.91. The molecule has 5 heteroatoms. The van der Waals surface area contributed by atoms with Gasteiger partial charge in [0.05, 0.1) is 0 Å². The number of rotatable bonds is 3. The summed E-state index contributed by atoms with van der Waals surface area (Å²) in [6.07, 6.45) is -0.622. The van der Waals surface area contributed by atoms with Crippen molar-refractivity contribution in [3.05, 3.63) is 33.3 Å². The molecule has 0 aliphatic heterocycles. The Hall–Kier alpha value is -0.190. The summed E-state index contributed by atoms with van der Waals surface area (Å²) >= 11 is 8.72. The van der Waals surface area contributed by atoms with E-state index in [1.54, 1.807) is 6.07 Å². The van der Waals surface area contributed by atoms with Crippen molar-refractivity contribution in [1.29, 1.82) is 0 Å². The Kier molecular flexibility index (Phi) is 3.86. The van der Waals surface area contributed by atoms with Crippen LogP contribution in [-0.4, -0.2) is 11.7 Å². The number of aliphatic hydroxyl groups excluding tert-OH is 1. The van der Waals surface area contributed by atoms with Gasteiger partial charge in [0.25, 0.3) is 5.92 Å². The van der Waals surface area contributed by atoms with Crippen LogP contribution in [-0.2, 0) is 5.92 Å². The number of alkyl halides is 2. The lowest BCUT2D eigenvalue weighted by molar-refractivity contribution is -0.0269. The molecule has 0 fully saturated rings. The Labute approximate surface area is 93.8 Å². The molecule has 14 heavy (non-hydrogen) atoms. The van der Waals surface area contributed by atoms with Gasteiger partial charge in [0, 0.05) is 28.1 Å². The maximum absolute atomic E-state index is 13.3. The normalized spacial score (nSPS) is 11.8. The minimum Gasteiger partial charge on any atom is -0.396 e. The molecule has 0 unspecified atom stereocenters. The number of hydrogen-bond donors (Lipinski definition) is 1. The molecule has 1 nitrogen and oxygen atoms in total. The molecule has 1 aromatic rings. The van der Waals surface area contributed by atoms with E-state index in [9.17, 15) is 8.78 Å². The van der Waals surface area contributed by atoms with Gasteiger partial charge in [-0.3, -0.25) is 0 Å². The van der Waals surface area contributed by atoms with Gasteiger partial charge in [0.1, 0.15) is 0 Å². The second-order valence-electron chi connectivity index (χ2n) is 2.80. The van der Waals surface area contributed by atoms with Crippen LogP contribution in [0.3, 0.4) is 0 Å². The molecule has 0 aromatic heterocycles. The molecule has 0 saturated carbocycles. The van der Waals surface area contributed by atoms with Crippen molar-refractivity contribution in [2.45, 2.75) is 12.3 Å². The van der Waals surface area contributed by atoms with Crippen molar-refractivity contribution in [3.8, 4) is 0 Å². The molecule has 0 aliphatic rings. The smallest absolute Gasteiger partial charge is 0.276 e. The Morgan fingerprint density at radius 3 is 2.64 bits per heavy atom. The van der Waals surface area contributed by atoms with E-state index in [2.05, 4.69) is 15.9 Å². The van der Waals surface area contributed by atoms with Gasteiger partial charge < -0.3 is 5.11 Å². The molecule has 0 amide bonds. The predicted molar refractivity (Wildman–Crippen MR) is 54.7 cm³/mol. The summed E-state index contributed by atoms with van der Waals surface area (Å²) in [6, 6.07) is 4.24. The summed E-state index contributed by atoms with van der Waals surface area (Å²) in [6.45, 7) is -0.574. The molecule has 0 atom stereocenters. The van der Waals surface area contributed by atoms with Crippen molar-refractivity contribution < 1.29 is 13.9 Å². The molecule has 0 aliphatic carbocycles. The highest BCUT2D eigenvalue weighted by Gasteiger charge is 2.33. The summed E-state index contributed by atoms with van der Waals surface area (Å²) in [5.41, 5.74) is -0.261. The maximum Gasteiger partial charge on any atom is 0.276 e. The average Bonchev–Trinajstić information content (AvgIpc) is 2.09. The summed E-state index contributed by atoms with van der Waals surface area (Å²) in [4.78, 5) is 0. The van der Waals surface area contributed by atoms with Gasteiger partial charge in [0.2, 0.25) is 0 Å². The van der Waals surface area contributed by atoms with Gasteiger partial charge in [-0.25, -0.2) is 8.78 Å². The monoisotopic (exact) mass is 284 g/mol. The van der Waals surface area contributed by atoms with E-state index in [0.29, 0.717) is 4.47 Å². The first-order chi connectivity index (χ1) is 6.47. The fraction of sp³-hybridized carbons (Fsp3) is 0.333. The van der Waals surface area contributed by atoms with Crippen LogP contribution in [0.4, 0.5) is 8.78 Å². The Morgan fingerprint density at radius 1 is 1.43 bits per heavy atom. The third kappa shape index (κ3) is 2.65. The van der Waals surface area contributed by atoms with E-state index in [1.165, 1.54) is 12.1 Å². The Bertz CT molecular complexity index is 331. The minimum atomic E-state index is -3.09. The van der Waals surface area contributed by atoms with Gasteiger partial charge in [0.15, 0.2) is 0 Å². The Morgan fingerprint density at radius 2 is 2.07 bits per heavy atom. The van der Waals surface area contributed by atoms with Crippen molar-refractivity contribution in [2.75, 3.05) is 6.61 Å². The van der Waals surface area contributed by atoms with E-state index < -0.39 is 19.0 Å². The quantitative estimate of drug-likeness (QED) is 0.900. The van der Waals surface area contributed by atoms with Crippen LogP contribution in [0, 0.1) is 0 Å². The molecule has 78 valence electrons. The lowest BCUT2D eigenvalue weighted by Crippen LogP contribution is -2.15. The van der Waals surface area contributed by atoms with E-state index in [4.69, 9.17) is 16.7 Å².